The Morgan fingerprint density at radius 2 is 2.05 bits per heavy atom. The van der Waals surface area contributed by atoms with Gasteiger partial charge in [-0.3, -0.25) is 0 Å². The number of hydrogen-bond donors (Lipinski definition) is 0. The Morgan fingerprint density at radius 3 is 2.55 bits per heavy atom. The Balaban J connectivity index is 3.20. The molecule has 1 unspecified atom stereocenters. The summed E-state index contributed by atoms with van der Waals surface area (Å²) in [6.45, 7) is 6.33. The Bertz CT molecular complexity index is 545. The molecule has 1 aromatic carbocycles. The van der Waals surface area contributed by atoms with E-state index in [1.807, 2.05) is 20.8 Å². The smallest absolute Gasteiger partial charge is 0.243 e. The molecule has 0 N–H and O–H groups in total. The van der Waals surface area contributed by atoms with Crippen LogP contribution in [0.4, 0.5) is 0 Å². The normalized spacial score (nSPS) is 13.7. The SMILES string of the molecule is CCN(C(C)COC)S(=O)(=O)c1ccc(C)c(CCl)c1. The summed E-state index contributed by atoms with van der Waals surface area (Å²) in [5.41, 5.74) is 1.83. The first-order valence-electron chi connectivity index (χ1n) is 6.54. The number of methoxy groups -OCH3 is 1. The standard InChI is InChI=1S/C14H22ClNO3S/c1-5-16(12(3)10-19-4)20(17,18)14-7-6-11(2)13(8-14)9-15/h6-8,12H,5,9-10H2,1-4H3. The van der Waals surface area contributed by atoms with Gasteiger partial charge in [0.05, 0.1) is 11.5 Å². The van der Waals surface area contributed by atoms with Crippen LogP contribution in [0, 0.1) is 6.92 Å². The van der Waals surface area contributed by atoms with Crippen LogP contribution in [0.25, 0.3) is 0 Å². The Hall–Kier alpha value is -0.620. The topological polar surface area (TPSA) is 46.6 Å². The van der Waals surface area contributed by atoms with E-state index in [0.29, 0.717) is 19.0 Å². The molecule has 0 saturated heterocycles. The molecular weight excluding hydrogens is 298 g/mol. The van der Waals surface area contributed by atoms with Crippen LogP contribution in [0.1, 0.15) is 25.0 Å². The van der Waals surface area contributed by atoms with Gasteiger partial charge in [-0.25, -0.2) is 8.42 Å². The second kappa shape index (κ2) is 7.41. The molecular formula is C14H22ClNO3S. The highest BCUT2D eigenvalue weighted by atomic mass is 35.5. The second-order valence-corrected chi connectivity index (χ2v) is 6.89. The predicted octanol–water partition coefficient (Wildman–Crippen LogP) is 2.78. The summed E-state index contributed by atoms with van der Waals surface area (Å²) in [7, 11) is -1.96. The van der Waals surface area contributed by atoms with Crippen LogP contribution in [0.5, 0.6) is 0 Å². The van der Waals surface area contributed by atoms with E-state index in [9.17, 15) is 8.42 Å². The lowest BCUT2D eigenvalue weighted by atomic mass is 10.1. The Morgan fingerprint density at radius 1 is 1.40 bits per heavy atom. The molecule has 0 aliphatic heterocycles. The van der Waals surface area contributed by atoms with Crippen molar-refractivity contribution in [3.05, 3.63) is 29.3 Å². The maximum Gasteiger partial charge on any atom is 0.243 e. The number of rotatable bonds is 7. The molecule has 0 aliphatic carbocycles. The summed E-state index contributed by atoms with van der Waals surface area (Å²) >= 11 is 5.85. The van der Waals surface area contributed by atoms with E-state index in [-0.39, 0.29) is 10.9 Å². The number of nitrogens with zero attached hydrogens (tertiary/aromatic N) is 1. The molecule has 0 bridgehead atoms. The first kappa shape index (κ1) is 17.4. The Labute approximate surface area is 126 Å². The quantitative estimate of drug-likeness (QED) is 0.726. The summed E-state index contributed by atoms with van der Waals surface area (Å²) < 4.78 is 31.9. The summed E-state index contributed by atoms with van der Waals surface area (Å²) in [6, 6.07) is 4.86. The minimum Gasteiger partial charge on any atom is -0.383 e. The van der Waals surface area contributed by atoms with Crippen LogP contribution in [-0.4, -0.2) is 39.0 Å². The number of sulfonamides is 1. The highest BCUT2D eigenvalue weighted by molar-refractivity contribution is 7.89. The van der Waals surface area contributed by atoms with Crippen LogP contribution in [0.15, 0.2) is 23.1 Å². The first-order chi connectivity index (χ1) is 9.38. The van der Waals surface area contributed by atoms with Gasteiger partial charge in [0.25, 0.3) is 0 Å². The third kappa shape index (κ3) is 3.73. The van der Waals surface area contributed by atoms with Crippen molar-refractivity contribution in [2.75, 3.05) is 20.3 Å². The van der Waals surface area contributed by atoms with Crippen molar-refractivity contribution in [1.29, 1.82) is 0 Å². The zero-order valence-electron chi connectivity index (χ0n) is 12.4. The molecule has 4 nitrogen and oxygen atoms in total. The van der Waals surface area contributed by atoms with Gasteiger partial charge in [0.1, 0.15) is 0 Å². The molecule has 0 aromatic heterocycles. The van der Waals surface area contributed by atoms with E-state index in [1.54, 1.807) is 25.3 Å². The van der Waals surface area contributed by atoms with Crippen molar-refractivity contribution in [2.24, 2.45) is 0 Å². The summed E-state index contributed by atoms with van der Waals surface area (Å²) in [6.07, 6.45) is 0. The van der Waals surface area contributed by atoms with Crippen molar-refractivity contribution in [3.8, 4) is 0 Å². The number of aryl methyl sites for hydroxylation is 1. The van der Waals surface area contributed by atoms with Gasteiger partial charge in [0, 0.05) is 25.6 Å². The van der Waals surface area contributed by atoms with E-state index < -0.39 is 10.0 Å². The largest absolute Gasteiger partial charge is 0.383 e. The zero-order valence-corrected chi connectivity index (χ0v) is 14.0. The lowest BCUT2D eigenvalue weighted by Crippen LogP contribution is -2.40. The van der Waals surface area contributed by atoms with Gasteiger partial charge in [-0.2, -0.15) is 4.31 Å². The number of benzene rings is 1. The van der Waals surface area contributed by atoms with E-state index in [4.69, 9.17) is 16.3 Å². The highest BCUT2D eigenvalue weighted by Crippen LogP contribution is 2.22. The molecule has 20 heavy (non-hydrogen) atoms. The van der Waals surface area contributed by atoms with Gasteiger partial charge in [-0.1, -0.05) is 13.0 Å². The third-order valence-corrected chi connectivity index (χ3v) is 5.66. The predicted molar refractivity (Wildman–Crippen MR) is 81.6 cm³/mol. The van der Waals surface area contributed by atoms with Gasteiger partial charge in [0.2, 0.25) is 10.0 Å². The maximum absolute atomic E-state index is 12.7. The van der Waals surface area contributed by atoms with Crippen molar-refractivity contribution < 1.29 is 13.2 Å². The second-order valence-electron chi connectivity index (χ2n) is 4.73. The average Bonchev–Trinajstić information content (AvgIpc) is 2.39. The van der Waals surface area contributed by atoms with Gasteiger partial charge in [0.15, 0.2) is 0 Å². The van der Waals surface area contributed by atoms with Gasteiger partial charge in [-0.15, -0.1) is 11.6 Å². The van der Waals surface area contributed by atoms with Crippen LogP contribution in [0.3, 0.4) is 0 Å². The van der Waals surface area contributed by atoms with Crippen LogP contribution in [-0.2, 0) is 20.6 Å². The lowest BCUT2D eigenvalue weighted by Gasteiger charge is -2.27. The monoisotopic (exact) mass is 319 g/mol. The van der Waals surface area contributed by atoms with Gasteiger partial charge >= 0.3 is 0 Å². The molecule has 0 amide bonds. The average molecular weight is 320 g/mol. The molecule has 0 fully saturated rings. The number of likely N-dealkylation sites (N-methyl/N-ethyl adjacent to an activating group) is 1. The molecule has 0 aliphatic rings. The van der Waals surface area contributed by atoms with E-state index in [2.05, 4.69) is 0 Å². The minimum atomic E-state index is -3.53. The fourth-order valence-corrected chi connectivity index (χ4v) is 4.10. The zero-order chi connectivity index (χ0) is 15.3. The molecule has 1 rings (SSSR count). The maximum atomic E-state index is 12.7. The lowest BCUT2D eigenvalue weighted by molar-refractivity contribution is 0.142. The molecule has 1 aromatic rings. The molecule has 1 atom stereocenters. The number of alkyl halides is 1. The van der Waals surface area contributed by atoms with Crippen molar-refractivity contribution >= 4 is 21.6 Å². The number of halogens is 1. The van der Waals surface area contributed by atoms with Crippen molar-refractivity contribution in [1.82, 2.24) is 4.31 Å². The first-order valence-corrected chi connectivity index (χ1v) is 8.52. The van der Waals surface area contributed by atoms with E-state index >= 15 is 0 Å². The molecule has 0 spiro atoms. The molecule has 0 heterocycles. The van der Waals surface area contributed by atoms with E-state index in [1.165, 1.54) is 4.31 Å². The minimum absolute atomic E-state index is 0.212. The van der Waals surface area contributed by atoms with Crippen molar-refractivity contribution in [3.63, 3.8) is 0 Å². The highest BCUT2D eigenvalue weighted by Gasteiger charge is 2.27. The fraction of sp³-hybridized carbons (Fsp3) is 0.571. The molecule has 0 saturated carbocycles. The third-order valence-electron chi connectivity index (χ3n) is 3.28. The summed E-state index contributed by atoms with van der Waals surface area (Å²) in [5, 5.41) is 0. The van der Waals surface area contributed by atoms with Crippen molar-refractivity contribution in [2.45, 2.75) is 37.6 Å². The number of ether oxygens (including phenoxy) is 1. The molecule has 114 valence electrons. The fourth-order valence-electron chi connectivity index (χ4n) is 2.13. The summed E-state index contributed by atoms with van der Waals surface area (Å²) in [5.74, 6) is 0.301. The molecule has 6 heteroatoms. The van der Waals surface area contributed by atoms with Gasteiger partial charge in [-0.05, 0) is 37.1 Å². The number of hydrogen-bond acceptors (Lipinski definition) is 3. The molecule has 0 radical (unpaired) electrons. The van der Waals surface area contributed by atoms with Crippen LogP contribution in [0.2, 0.25) is 0 Å². The van der Waals surface area contributed by atoms with Crippen LogP contribution < -0.4 is 0 Å². The Kier molecular flexibility index (Phi) is 6.45. The van der Waals surface area contributed by atoms with E-state index in [0.717, 1.165) is 11.1 Å². The van der Waals surface area contributed by atoms with Gasteiger partial charge < -0.3 is 4.74 Å². The summed E-state index contributed by atoms with van der Waals surface area (Å²) in [4.78, 5) is 0.281. The van der Waals surface area contributed by atoms with Crippen LogP contribution >= 0.6 is 11.6 Å².